The molecule has 0 aromatic carbocycles. The maximum Gasteiger partial charge on any atom is 0.249 e. The van der Waals surface area contributed by atoms with Crippen molar-refractivity contribution < 1.29 is 25.2 Å². The zero-order valence-corrected chi connectivity index (χ0v) is 37.8. The lowest BCUT2D eigenvalue weighted by molar-refractivity contribution is -0.132. The van der Waals surface area contributed by atoms with Gasteiger partial charge < -0.3 is 25.7 Å². The molecule has 0 aromatic rings. The summed E-state index contributed by atoms with van der Waals surface area (Å²) in [4.78, 5) is 12.5. The van der Waals surface area contributed by atoms with Crippen molar-refractivity contribution in [2.75, 3.05) is 6.61 Å². The number of hydrogen-bond acceptors (Lipinski definition) is 5. The molecule has 0 aromatic heterocycles. The van der Waals surface area contributed by atoms with E-state index in [1.807, 2.05) is 0 Å². The molecular formula is C51H97NO5. The van der Waals surface area contributed by atoms with E-state index in [0.717, 1.165) is 51.4 Å². The lowest BCUT2D eigenvalue weighted by Gasteiger charge is -2.27. The SMILES string of the molecule is CCCCCCCCCCCCCCCCCCCC/C=C/CC/C=C/CC/C=C/CCCC(O)C(O)C(CO)NC(=O)C(O)CCCCCCCCCCCC. The lowest BCUT2D eigenvalue weighted by Crippen LogP contribution is -2.53. The topological polar surface area (TPSA) is 110 Å². The summed E-state index contributed by atoms with van der Waals surface area (Å²) in [5.74, 6) is -0.601. The van der Waals surface area contributed by atoms with Crippen LogP contribution >= 0.6 is 0 Å². The van der Waals surface area contributed by atoms with Gasteiger partial charge in [0.2, 0.25) is 5.91 Å². The number of rotatable bonds is 45. The first-order valence-electron chi connectivity index (χ1n) is 24.9. The number of unbranched alkanes of at least 4 members (excludes halogenated alkanes) is 30. The molecule has 0 aliphatic carbocycles. The molecule has 4 unspecified atom stereocenters. The van der Waals surface area contributed by atoms with Gasteiger partial charge in [0.15, 0.2) is 0 Å². The molecule has 6 nitrogen and oxygen atoms in total. The van der Waals surface area contributed by atoms with Crippen LogP contribution in [0.4, 0.5) is 0 Å². The third-order valence-corrected chi connectivity index (χ3v) is 11.6. The number of aliphatic hydroxyl groups excluding tert-OH is 4. The molecule has 4 atom stereocenters. The second-order valence-electron chi connectivity index (χ2n) is 17.1. The normalized spacial score (nSPS) is 14.3. The predicted octanol–water partition coefficient (Wildman–Crippen LogP) is 13.7. The van der Waals surface area contributed by atoms with Gasteiger partial charge in [0.05, 0.1) is 18.8 Å². The van der Waals surface area contributed by atoms with Gasteiger partial charge in [-0.25, -0.2) is 0 Å². The third kappa shape index (κ3) is 39.7. The maximum atomic E-state index is 12.5. The Bertz CT molecular complexity index is 904. The molecule has 0 heterocycles. The Balaban J connectivity index is 3.68. The van der Waals surface area contributed by atoms with Gasteiger partial charge in [-0.3, -0.25) is 4.79 Å². The van der Waals surface area contributed by atoms with Gasteiger partial charge >= 0.3 is 0 Å². The largest absolute Gasteiger partial charge is 0.394 e. The standard InChI is InChI=1S/C51H97NO5/c1-3-5-7-9-11-13-15-16-17-18-19-20-21-22-23-24-25-26-27-28-29-30-31-32-33-34-35-37-38-40-42-44-48(54)50(56)47(46-53)52-51(57)49(55)45-43-41-39-36-14-12-10-8-6-4-2/h28-29,32-33,37-38,47-50,53-56H,3-27,30-31,34-36,39-46H2,1-2H3,(H,52,57)/b29-28+,33-32+,38-37+. The number of carbonyl (C=O) groups is 1. The van der Waals surface area contributed by atoms with Gasteiger partial charge in [-0.15, -0.1) is 0 Å². The van der Waals surface area contributed by atoms with E-state index in [2.05, 4.69) is 55.6 Å². The van der Waals surface area contributed by atoms with Crippen LogP contribution in [-0.2, 0) is 4.79 Å². The molecule has 0 aliphatic rings. The molecule has 0 saturated heterocycles. The van der Waals surface area contributed by atoms with Crippen molar-refractivity contribution in [3.05, 3.63) is 36.5 Å². The zero-order valence-electron chi connectivity index (χ0n) is 37.8. The Labute approximate surface area is 354 Å². The van der Waals surface area contributed by atoms with Gasteiger partial charge in [0.1, 0.15) is 12.2 Å². The van der Waals surface area contributed by atoms with Crippen LogP contribution in [0.15, 0.2) is 36.5 Å². The Kier molecular flexibility index (Phi) is 44.4. The second-order valence-corrected chi connectivity index (χ2v) is 17.1. The molecular weight excluding hydrogens is 707 g/mol. The number of amides is 1. The molecule has 57 heavy (non-hydrogen) atoms. The van der Waals surface area contributed by atoms with E-state index in [0.29, 0.717) is 19.3 Å². The highest BCUT2D eigenvalue weighted by Crippen LogP contribution is 2.16. The second kappa shape index (κ2) is 45.6. The number of aliphatic hydroxyl groups is 4. The Morgan fingerprint density at radius 2 is 0.737 bits per heavy atom. The van der Waals surface area contributed by atoms with Crippen molar-refractivity contribution in [2.24, 2.45) is 0 Å². The van der Waals surface area contributed by atoms with Crippen LogP contribution in [0, 0.1) is 0 Å². The van der Waals surface area contributed by atoms with Crippen LogP contribution in [-0.4, -0.2) is 57.3 Å². The first-order chi connectivity index (χ1) is 28.0. The van der Waals surface area contributed by atoms with Crippen molar-refractivity contribution in [3.8, 4) is 0 Å². The van der Waals surface area contributed by atoms with E-state index < -0.39 is 36.9 Å². The molecule has 0 rings (SSSR count). The van der Waals surface area contributed by atoms with Gasteiger partial charge in [0, 0.05) is 0 Å². The Morgan fingerprint density at radius 3 is 1.11 bits per heavy atom. The van der Waals surface area contributed by atoms with Gasteiger partial charge in [-0.05, 0) is 64.2 Å². The molecule has 0 radical (unpaired) electrons. The number of hydrogen-bond donors (Lipinski definition) is 5. The lowest BCUT2D eigenvalue weighted by atomic mass is 10.00. The molecule has 6 heteroatoms. The first kappa shape index (κ1) is 55.5. The average Bonchev–Trinajstić information content (AvgIpc) is 3.22. The minimum absolute atomic E-state index is 0.359. The van der Waals surface area contributed by atoms with Crippen LogP contribution in [0.25, 0.3) is 0 Å². The zero-order chi connectivity index (χ0) is 41.7. The van der Waals surface area contributed by atoms with E-state index in [4.69, 9.17) is 0 Å². The van der Waals surface area contributed by atoms with Crippen molar-refractivity contribution in [1.82, 2.24) is 5.32 Å². The molecule has 0 fully saturated rings. The summed E-state index contributed by atoms with van der Waals surface area (Å²) < 4.78 is 0. The molecule has 5 N–H and O–H groups in total. The van der Waals surface area contributed by atoms with E-state index in [1.165, 1.54) is 167 Å². The summed E-state index contributed by atoms with van der Waals surface area (Å²) in [7, 11) is 0. The smallest absolute Gasteiger partial charge is 0.249 e. The molecule has 0 spiro atoms. The fourth-order valence-electron chi connectivity index (χ4n) is 7.61. The van der Waals surface area contributed by atoms with Crippen molar-refractivity contribution >= 4 is 5.91 Å². The van der Waals surface area contributed by atoms with Gasteiger partial charge in [0.25, 0.3) is 0 Å². The Hall–Kier alpha value is -1.47. The molecule has 0 aliphatic heterocycles. The van der Waals surface area contributed by atoms with Crippen molar-refractivity contribution in [3.63, 3.8) is 0 Å². The first-order valence-corrected chi connectivity index (χ1v) is 24.9. The average molecular weight is 804 g/mol. The van der Waals surface area contributed by atoms with E-state index in [-0.39, 0.29) is 0 Å². The highest BCUT2D eigenvalue weighted by Gasteiger charge is 2.28. The highest BCUT2D eigenvalue weighted by atomic mass is 16.3. The Morgan fingerprint density at radius 1 is 0.421 bits per heavy atom. The fraction of sp³-hybridized carbons (Fsp3) is 0.863. The summed E-state index contributed by atoms with van der Waals surface area (Å²) in [5.41, 5.74) is 0. The van der Waals surface area contributed by atoms with E-state index >= 15 is 0 Å². The fourth-order valence-corrected chi connectivity index (χ4v) is 7.61. The van der Waals surface area contributed by atoms with E-state index in [9.17, 15) is 25.2 Å². The van der Waals surface area contributed by atoms with Crippen molar-refractivity contribution in [2.45, 2.75) is 276 Å². The van der Waals surface area contributed by atoms with Crippen LogP contribution < -0.4 is 5.32 Å². The summed E-state index contributed by atoms with van der Waals surface area (Å²) in [6.45, 7) is 4.02. The minimum Gasteiger partial charge on any atom is -0.394 e. The maximum absolute atomic E-state index is 12.5. The number of nitrogens with one attached hydrogen (secondary N) is 1. The quantitative estimate of drug-likeness (QED) is 0.0311. The summed E-state index contributed by atoms with van der Waals surface area (Å²) in [6.07, 6.45) is 55.1. The highest BCUT2D eigenvalue weighted by molar-refractivity contribution is 5.80. The summed E-state index contributed by atoms with van der Waals surface area (Å²) >= 11 is 0. The molecule has 1 amide bonds. The molecule has 336 valence electrons. The monoisotopic (exact) mass is 804 g/mol. The number of allylic oxidation sites excluding steroid dienone is 6. The third-order valence-electron chi connectivity index (χ3n) is 11.6. The van der Waals surface area contributed by atoms with Crippen LogP contribution in [0.2, 0.25) is 0 Å². The minimum atomic E-state index is -1.29. The summed E-state index contributed by atoms with van der Waals surface area (Å²) in [6, 6.07) is -1.01. The van der Waals surface area contributed by atoms with E-state index in [1.54, 1.807) is 0 Å². The summed E-state index contributed by atoms with van der Waals surface area (Å²) in [5, 5.41) is 43.6. The molecule has 0 saturated carbocycles. The van der Waals surface area contributed by atoms with Crippen LogP contribution in [0.1, 0.15) is 251 Å². The van der Waals surface area contributed by atoms with Gasteiger partial charge in [-0.1, -0.05) is 224 Å². The molecule has 0 bridgehead atoms. The van der Waals surface area contributed by atoms with Gasteiger partial charge in [-0.2, -0.15) is 0 Å². The van der Waals surface area contributed by atoms with Crippen LogP contribution in [0.3, 0.4) is 0 Å². The number of carbonyl (C=O) groups excluding carboxylic acids is 1. The van der Waals surface area contributed by atoms with Crippen LogP contribution in [0.5, 0.6) is 0 Å². The van der Waals surface area contributed by atoms with Crippen molar-refractivity contribution in [1.29, 1.82) is 0 Å². The predicted molar refractivity (Wildman–Crippen MR) is 247 cm³/mol.